The Morgan fingerprint density at radius 3 is 2.17 bits per heavy atom. The molecule has 6 heteroatoms. The second kappa shape index (κ2) is 5.00. The first-order chi connectivity index (χ1) is 8.47. The SMILES string of the molecule is Nc1cc(Cl)c(Oc2ccc(F)cc2F)c(Cl)c1. The van der Waals surface area contributed by atoms with Crippen LogP contribution in [0.4, 0.5) is 14.5 Å². The smallest absolute Gasteiger partial charge is 0.168 e. The van der Waals surface area contributed by atoms with Gasteiger partial charge < -0.3 is 10.5 Å². The zero-order chi connectivity index (χ0) is 13.3. The Kier molecular flexibility index (Phi) is 3.59. The first-order valence-corrected chi connectivity index (χ1v) is 5.60. The molecule has 0 spiro atoms. The molecule has 0 bridgehead atoms. The number of rotatable bonds is 2. The molecule has 0 amide bonds. The molecule has 2 rings (SSSR count). The number of nitrogens with two attached hydrogens (primary N) is 1. The Labute approximate surface area is 112 Å². The van der Waals surface area contributed by atoms with Crippen molar-refractivity contribution in [1.82, 2.24) is 0 Å². The molecule has 0 aliphatic carbocycles. The lowest BCUT2D eigenvalue weighted by Gasteiger charge is -2.10. The summed E-state index contributed by atoms with van der Waals surface area (Å²) in [7, 11) is 0. The van der Waals surface area contributed by atoms with E-state index in [1.807, 2.05) is 0 Å². The van der Waals surface area contributed by atoms with Crippen molar-refractivity contribution in [1.29, 1.82) is 0 Å². The number of hydrogen-bond acceptors (Lipinski definition) is 2. The standard InChI is InChI=1S/C12H7Cl2F2NO/c13-8-4-7(17)5-9(14)12(8)18-11-2-1-6(15)3-10(11)16/h1-5H,17H2. The first kappa shape index (κ1) is 12.9. The fourth-order valence-corrected chi connectivity index (χ4v) is 1.93. The van der Waals surface area contributed by atoms with E-state index < -0.39 is 11.6 Å². The van der Waals surface area contributed by atoms with Gasteiger partial charge in [-0.2, -0.15) is 0 Å². The van der Waals surface area contributed by atoms with Gasteiger partial charge in [-0.1, -0.05) is 23.2 Å². The maximum Gasteiger partial charge on any atom is 0.168 e. The fraction of sp³-hybridized carbons (Fsp3) is 0. The van der Waals surface area contributed by atoms with E-state index in [-0.39, 0.29) is 21.5 Å². The zero-order valence-corrected chi connectivity index (χ0v) is 10.4. The molecule has 0 fully saturated rings. The van der Waals surface area contributed by atoms with Gasteiger partial charge in [0.1, 0.15) is 5.82 Å². The molecule has 2 aromatic carbocycles. The molecule has 0 saturated carbocycles. The average Bonchev–Trinajstić information content (AvgIpc) is 2.25. The molecule has 0 heterocycles. The average molecular weight is 290 g/mol. The molecule has 2 N–H and O–H groups in total. The van der Waals surface area contributed by atoms with E-state index >= 15 is 0 Å². The topological polar surface area (TPSA) is 35.2 Å². The lowest BCUT2D eigenvalue weighted by molar-refractivity contribution is 0.438. The summed E-state index contributed by atoms with van der Waals surface area (Å²) >= 11 is 11.8. The largest absolute Gasteiger partial charge is 0.451 e. The molecule has 18 heavy (non-hydrogen) atoms. The Balaban J connectivity index is 2.40. The van der Waals surface area contributed by atoms with Crippen LogP contribution in [-0.4, -0.2) is 0 Å². The molecule has 0 saturated heterocycles. The Bertz CT molecular complexity index is 582. The van der Waals surface area contributed by atoms with Gasteiger partial charge in [-0.05, 0) is 24.3 Å². The van der Waals surface area contributed by atoms with Crippen LogP contribution < -0.4 is 10.5 Å². The van der Waals surface area contributed by atoms with Gasteiger partial charge in [0.2, 0.25) is 0 Å². The summed E-state index contributed by atoms with van der Waals surface area (Å²) in [6.45, 7) is 0. The molecule has 0 aliphatic rings. The van der Waals surface area contributed by atoms with Crippen molar-refractivity contribution in [2.45, 2.75) is 0 Å². The van der Waals surface area contributed by atoms with Crippen molar-refractivity contribution in [2.24, 2.45) is 0 Å². The van der Waals surface area contributed by atoms with Gasteiger partial charge in [-0.3, -0.25) is 0 Å². The van der Waals surface area contributed by atoms with Crippen molar-refractivity contribution < 1.29 is 13.5 Å². The summed E-state index contributed by atoms with van der Waals surface area (Å²) in [6.07, 6.45) is 0. The minimum atomic E-state index is -0.848. The van der Waals surface area contributed by atoms with Gasteiger partial charge in [0.05, 0.1) is 10.0 Å². The third-order valence-corrected chi connectivity index (χ3v) is 2.69. The predicted octanol–water partition coefficient (Wildman–Crippen LogP) is 4.65. The Morgan fingerprint density at radius 2 is 1.61 bits per heavy atom. The van der Waals surface area contributed by atoms with Crippen LogP contribution in [0.15, 0.2) is 30.3 Å². The quantitative estimate of drug-likeness (QED) is 0.817. The van der Waals surface area contributed by atoms with Crippen molar-refractivity contribution in [3.63, 3.8) is 0 Å². The molecule has 0 radical (unpaired) electrons. The van der Waals surface area contributed by atoms with Crippen molar-refractivity contribution in [3.05, 3.63) is 52.0 Å². The molecular formula is C12H7Cl2F2NO. The second-order valence-corrected chi connectivity index (χ2v) is 4.30. The van der Waals surface area contributed by atoms with E-state index in [1.165, 1.54) is 12.1 Å². The summed E-state index contributed by atoms with van der Waals surface area (Å²) in [5.41, 5.74) is 5.88. The van der Waals surface area contributed by atoms with Gasteiger partial charge in [-0.25, -0.2) is 8.78 Å². The molecule has 0 atom stereocenters. The van der Waals surface area contributed by atoms with Crippen LogP contribution >= 0.6 is 23.2 Å². The molecule has 94 valence electrons. The van der Waals surface area contributed by atoms with E-state index in [4.69, 9.17) is 33.7 Å². The minimum Gasteiger partial charge on any atom is -0.451 e. The van der Waals surface area contributed by atoms with E-state index in [0.717, 1.165) is 12.1 Å². The van der Waals surface area contributed by atoms with Crippen LogP contribution in [0.3, 0.4) is 0 Å². The predicted molar refractivity (Wildman–Crippen MR) is 67.3 cm³/mol. The lowest BCUT2D eigenvalue weighted by Crippen LogP contribution is -1.93. The molecular weight excluding hydrogens is 283 g/mol. The summed E-state index contributed by atoms with van der Waals surface area (Å²) in [4.78, 5) is 0. The maximum atomic E-state index is 13.4. The van der Waals surface area contributed by atoms with E-state index in [2.05, 4.69) is 0 Å². The minimum absolute atomic E-state index is 0.0676. The first-order valence-electron chi connectivity index (χ1n) is 4.85. The van der Waals surface area contributed by atoms with Crippen molar-refractivity contribution in [3.8, 4) is 11.5 Å². The van der Waals surface area contributed by atoms with Crippen LogP contribution in [0, 0.1) is 11.6 Å². The number of halogens is 4. The highest BCUT2D eigenvalue weighted by molar-refractivity contribution is 6.37. The molecule has 2 aromatic rings. The maximum absolute atomic E-state index is 13.4. The highest BCUT2D eigenvalue weighted by atomic mass is 35.5. The van der Waals surface area contributed by atoms with Crippen molar-refractivity contribution in [2.75, 3.05) is 5.73 Å². The zero-order valence-electron chi connectivity index (χ0n) is 8.88. The molecule has 0 aliphatic heterocycles. The third kappa shape index (κ3) is 2.66. The van der Waals surface area contributed by atoms with Gasteiger partial charge in [0.25, 0.3) is 0 Å². The van der Waals surface area contributed by atoms with Crippen LogP contribution in [0.2, 0.25) is 10.0 Å². The number of hydrogen-bond donors (Lipinski definition) is 1. The highest BCUT2D eigenvalue weighted by Gasteiger charge is 2.13. The molecule has 0 unspecified atom stereocenters. The van der Waals surface area contributed by atoms with E-state index in [9.17, 15) is 8.78 Å². The van der Waals surface area contributed by atoms with Crippen LogP contribution in [0.5, 0.6) is 11.5 Å². The van der Waals surface area contributed by atoms with Gasteiger partial charge >= 0.3 is 0 Å². The van der Waals surface area contributed by atoms with Gasteiger partial charge in [-0.15, -0.1) is 0 Å². The Hall–Kier alpha value is -1.52. The van der Waals surface area contributed by atoms with Crippen molar-refractivity contribution >= 4 is 28.9 Å². The molecule has 0 aromatic heterocycles. The van der Waals surface area contributed by atoms with Crippen LogP contribution in [0.1, 0.15) is 0 Å². The Morgan fingerprint density at radius 1 is 1.00 bits per heavy atom. The van der Waals surface area contributed by atoms with Gasteiger partial charge in [0, 0.05) is 11.8 Å². The van der Waals surface area contributed by atoms with E-state index in [0.29, 0.717) is 11.8 Å². The van der Waals surface area contributed by atoms with Crippen LogP contribution in [-0.2, 0) is 0 Å². The lowest BCUT2D eigenvalue weighted by atomic mass is 10.3. The fourth-order valence-electron chi connectivity index (χ4n) is 1.34. The van der Waals surface area contributed by atoms with E-state index in [1.54, 1.807) is 0 Å². The second-order valence-electron chi connectivity index (χ2n) is 3.49. The monoisotopic (exact) mass is 289 g/mol. The normalized spacial score (nSPS) is 10.4. The molecule has 2 nitrogen and oxygen atoms in total. The summed E-state index contributed by atoms with van der Waals surface area (Å²) < 4.78 is 31.4. The summed E-state index contributed by atoms with van der Waals surface area (Å²) in [5, 5.41) is 0.285. The number of anilines is 1. The summed E-state index contributed by atoms with van der Waals surface area (Å²) in [5.74, 6) is -1.66. The number of nitrogen functional groups attached to an aromatic ring is 1. The summed E-state index contributed by atoms with van der Waals surface area (Å²) in [6, 6.07) is 5.76. The van der Waals surface area contributed by atoms with Gasteiger partial charge in [0.15, 0.2) is 17.3 Å². The third-order valence-electron chi connectivity index (χ3n) is 2.13. The van der Waals surface area contributed by atoms with Crippen LogP contribution in [0.25, 0.3) is 0 Å². The number of benzene rings is 2. The highest BCUT2D eigenvalue weighted by Crippen LogP contribution is 2.38. The number of ether oxygens (including phenoxy) is 1.